The molecular weight excluding hydrogens is 246 g/mol. The van der Waals surface area contributed by atoms with Gasteiger partial charge < -0.3 is 10.5 Å². The zero-order valence-corrected chi connectivity index (χ0v) is 11.0. The Balaban J connectivity index is 2.07. The third-order valence-electron chi connectivity index (χ3n) is 2.74. The monoisotopic (exact) mass is 261 g/mol. The normalized spacial score (nSPS) is 12.2. The molecule has 0 amide bonds. The second kappa shape index (κ2) is 5.89. The third kappa shape index (κ3) is 3.25. The van der Waals surface area contributed by atoms with E-state index in [1.165, 1.54) is 0 Å². The van der Waals surface area contributed by atoms with Gasteiger partial charge in [-0.25, -0.2) is 0 Å². The molecule has 0 aliphatic carbocycles. The molecule has 0 saturated heterocycles. The van der Waals surface area contributed by atoms with E-state index in [2.05, 4.69) is 0 Å². The van der Waals surface area contributed by atoms with Crippen LogP contribution in [0.15, 0.2) is 48.5 Å². The average molecular weight is 262 g/mol. The van der Waals surface area contributed by atoms with Crippen molar-refractivity contribution >= 4 is 11.6 Å². The average Bonchev–Trinajstić information content (AvgIpc) is 2.38. The molecule has 2 N–H and O–H groups in total. The summed E-state index contributed by atoms with van der Waals surface area (Å²) >= 11 is 6.07. The Hall–Kier alpha value is -1.51. The highest BCUT2D eigenvalue weighted by atomic mass is 35.5. The summed E-state index contributed by atoms with van der Waals surface area (Å²) in [6.07, 6.45) is 0. The summed E-state index contributed by atoms with van der Waals surface area (Å²) in [5.74, 6) is 0.810. The molecule has 0 aliphatic rings. The lowest BCUT2D eigenvalue weighted by molar-refractivity contribution is 0.306. The summed E-state index contributed by atoms with van der Waals surface area (Å²) in [4.78, 5) is 0. The van der Waals surface area contributed by atoms with Gasteiger partial charge in [0.2, 0.25) is 0 Å². The van der Waals surface area contributed by atoms with Gasteiger partial charge in [-0.1, -0.05) is 41.9 Å². The van der Waals surface area contributed by atoms with Crippen LogP contribution in [0.1, 0.15) is 24.1 Å². The molecule has 0 unspecified atom stereocenters. The van der Waals surface area contributed by atoms with E-state index >= 15 is 0 Å². The molecule has 0 fully saturated rings. The first-order chi connectivity index (χ1) is 8.66. The maximum Gasteiger partial charge on any atom is 0.120 e. The molecule has 2 aromatic rings. The SMILES string of the molecule is C[C@@H](N)c1cccc(OCc2ccccc2Cl)c1. The van der Waals surface area contributed by atoms with Crippen molar-refractivity contribution in [3.63, 3.8) is 0 Å². The maximum absolute atomic E-state index is 6.07. The summed E-state index contributed by atoms with van der Waals surface area (Å²) < 4.78 is 5.72. The number of halogens is 1. The van der Waals surface area contributed by atoms with Gasteiger partial charge in [0.15, 0.2) is 0 Å². The van der Waals surface area contributed by atoms with E-state index < -0.39 is 0 Å². The van der Waals surface area contributed by atoms with Crippen LogP contribution in [-0.2, 0) is 6.61 Å². The van der Waals surface area contributed by atoms with Gasteiger partial charge in [0.25, 0.3) is 0 Å². The Labute approximate surface area is 112 Å². The molecule has 18 heavy (non-hydrogen) atoms. The second-order valence-electron chi connectivity index (χ2n) is 4.24. The highest BCUT2D eigenvalue weighted by Gasteiger charge is 2.03. The molecule has 0 saturated carbocycles. The van der Waals surface area contributed by atoms with E-state index in [0.717, 1.165) is 21.9 Å². The Kier molecular flexibility index (Phi) is 4.24. The molecule has 0 aromatic heterocycles. The van der Waals surface area contributed by atoms with E-state index in [4.69, 9.17) is 22.1 Å². The fraction of sp³-hybridized carbons (Fsp3) is 0.200. The van der Waals surface area contributed by atoms with Crippen LogP contribution in [0.3, 0.4) is 0 Å². The molecular formula is C15H16ClNO. The lowest BCUT2D eigenvalue weighted by Crippen LogP contribution is -2.05. The standard InChI is InChI=1S/C15H16ClNO/c1-11(17)12-6-4-7-14(9-12)18-10-13-5-2-3-8-15(13)16/h2-9,11H,10,17H2,1H3/t11-/m1/s1. The van der Waals surface area contributed by atoms with Crippen molar-refractivity contribution in [2.24, 2.45) is 5.73 Å². The van der Waals surface area contributed by atoms with E-state index in [0.29, 0.717) is 6.61 Å². The van der Waals surface area contributed by atoms with Gasteiger partial charge >= 0.3 is 0 Å². The molecule has 0 spiro atoms. The van der Waals surface area contributed by atoms with Crippen molar-refractivity contribution in [1.82, 2.24) is 0 Å². The predicted octanol–water partition coefficient (Wildman–Crippen LogP) is 3.94. The van der Waals surface area contributed by atoms with E-state index in [9.17, 15) is 0 Å². The molecule has 94 valence electrons. The largest absolute Gasteiger partial charge is 0.489 e. The van der Waals surface area contributed by atoms with Gasteiger partial charge in [-0.15, -0.1) is 0 Å². The van der Waals surface area contributed by atoms with Gasteiger partial charge in [-0.3, -0.25) is 0 Å². The van der Waals surface area contributed by atoms with Crippen LogP contribution in [0.5, 0.6) is 5.75 Å². The second-order valence-corrected chi connectivity index (χ2v) is 4.65. The Morgan fingerprint density at radius 3 is 2.67 bits per heavy atom. The van der Waals surface area contributed by atoms with Crippen LogP contribution in [-0.4, -0.2) is 0 Å². The highest BCUT2D eigenvalue weighted by Crippen LogP contribution is 2.21. The summed E-state index contributed by atoms with van der Waals surface area (Å²) in [5.41, 5.74) is 7.88. The number of nitrogens with two attached hydrogens (primary N) is 1. The highest BCUT2D eigenvalue weighted by molar-refractivity contribution is 6.31. The van der Waals surface area contributed by atoms with Crippen molar-refractivity contribution in [2.45, 2.75) is 19.6 Å². The third-order valence-corrected chi connectivity index (χ3v) is 3.10. The number of rotatable bonds is 4. The first-order valence-electron chi connectivity index (χ1n) is 5.88. The minimum Gasteiger partial charge on any atom is -0.489 e. The molecule has 0 bridgehead atoms. The van der Waals surface area contributed by atoms with Crippen molar-refractivity contribution in [3.8, 4) is 5.75 Å². The van der Waals surface area contributed by atoms with Crippen molar-refractivity contribution < 1.29 is 4.74 Å². The Morgan fingerprint density at radius 2 is 1.94 bits per heavy atom. The molecule has 2 rings (SSSR count). The zero-order chi connectivity index (χ0) is 13.0. The summed E-state index contributed by atoms with van der Waals surface area (Å²) in [5, 5.41) is 0.723. The maximum atomic E-state index is 6.07. The van der Waals surface area contributed by atoms with Crippen LogP contribution < -0.4 is 10.5 Å². The number of benzene rings is 2. The van der Waals surface area contributed by atoms with E-state index in [1.807, 2.05) is 55.5 Å². The predicted molar refractivity (Wildman–Crippen MR) is 74.8 cm³/mol. The van der Waals surface area contributed by atoms with E-state index in [-0.39, 0.29) is 6.04 Å². The molecule has 2 aromatic carbocycles. The molecule has 0 aliphatic heterocycles. The van der Waals surface area contributed by atoms with Crippen LogP contribution in [0, 0.1) is 0 Å². The number of hydrogen-bond donors (Lipinski definition) is 1. The van der Waals surface area contributed by atoms with Gasteiger partial charge in [-0.2, -0.15) is 0 Å². The summed E-state index contributed by atoms with van der Waals surface area (Å²) in [6.45, 7) is 2.41. The summed E-state index contributed by atoms with van der Waals surface area (Å²) in [7, 11) is 0. The van der Waals surface area contributed by atoms with Crippen LogP contribution in [0.2, 0.25) is 5.02 Å². The molecule has 0 heterocycles. The smallest absolute Gasteiger partial charge is 0.120 e. The van der Waals surface area contributed by atoms with Crippen LogP contribution >= 0.6 is 11.6 Å². The zero-order valence-electron chi connectivity index (χ0n) is 10.3. The number of hydrogen-bond acceptors (Lipinski definition) is 2. The fourth-order valence-corrected chi connectivity index (χ4v) is 1.85. The molecule has 1 atom stereocenters. The lowest BCUT2D eigenvalue weighted by atomic mass is 10.1. The van der Waals surface area contributed by atoms with E-state index in [1.54, 1.807) is 0 Å². The Bertz CT molecular complexity index is 525. The lowest BCUT2D eigenvalue weighted by Gasteiger charge is -2.10. The van der Waals surface area contributed by atoms with Crippen molar-refractivity contribution in [3.05, 3.63) is 64.7 Å². The summed E-state index contributed by atoms with van der Waals surface area (Å²) in [6, 6.07) is 15.5. The van der Waals surface area contributed by atoms with Gasteiger partial charge in [0.05, 0.1) is 0 Å². The minimum atomic E-state index is 0.00821. The molecule has 2 nitrogen and oxygen atoms in total. The van der Waals surface area contributed by atoms with Gasteiger partial charge in [0.1, 0.15) is 12.4 Å². The topological polar surface area (TPSA) is 35.2 Å². The van der Waals surface area contributed by atoms with Crippen molar-refractivity contribution in [2.75, 3.05) is 0 Å². The van der Waals surface area contributed by atoms with Gasteiger partial charge in [-0.05, 0) is 30.7 Å². The van der Waals surface area contributed by atoms with Crippen molar-refractivity contribution in [1.29, 1.82) is 0 Å². The fourth-order valence-electron chi connectivity index (χ4n) is 1.66. The van der Waals surface area contributed by atoms with Crippen LogP contribution in [0.25, 0.3) is 0 Å². The van der Waals surface area contributed by atoms with Gasteiger partial charge in [0, 0.05) is 16.6 Å². The molecule has 3 heteroatoms. The number of ether oxygens (including phenoxy) is 1. The van der Waals surface area contributed by atoms with Crippen LogP contribution in [0.4, 0.5) is 0 Å². The quantitative estimate of drug-likeness (QED) is 0.905. The molecule has 0 radical (unpaired) electrons. The Morgan fingerprint density at radius 1 is 1.17 bits per heavy atom. The first kappa shape index (κ1) is 12.9. The first-order valence-corrected chi connectivity index (χ1v) is 6.26. The minimum absolute atomic E-state index is 0.00821.